The van der Waals surface area contributed by atoms with E-state index in [2.05, 4.69) is 42.8 Å². The minimum atomic E-state index is -5.15. The average molecular weight is 967 g/mol. The molecule has 0 spiro atoms. The Morgan fingerprint density at radius 3 is 1.97 bits per heavy atom. The van der Waals surface area contributed by atoms with E-state index in [1.807, 2.05) is 0 Å². The number of aromatic nitrogens is 3. The van der Waals surface area contributed by atoms with Crippen LogP contribution in [-0.2, 0) is 34.9 Å². The number of sulfone groups is 1. The molecule has 0 bridgehead atoms. The first-order valence-corrected chi connectivity index (χ1v) is 24.4. The van der Waals surface area contributed by atoms with Gasteiger partial charge in [-0.25, -0.2) is 8.42 Å². The van der Waals surface area contributed by atoms with E-state index in [-0.39, 0.29) is 103 Å². The van der Waals surface area contributed by atoms with Crippen LogP contribution in [0.1, 0.15) is 65.3 Å². The number of benzene rings is 4. The van der Waals surface area contributed by atoms with Crippen molar-refractivity contribution in [2.24, 2.45) is 0 Å². The Labute approximate surface area is 375 Å². The molecule has 1 aliphatic carbocycles. The molecule has 1 aliphatic rings. The largest absolute Gasteiger partial charge is 0.481 e. The third kappa shape index (κ3) is 10.3. The molecule has 0 radical (unpaired) electrons. The van der Waals surface area contributed by atoms with Gasteiger partial charge >= 0.3 is 5.97 Å². The molecule has 0 atom stereocenters. The predicted molar refractivity (Wildman–Crippen MR) is 240 cm³/mol. The minimum absolute atomic E-state index is 0.00216. The molecular weight excluding hydrogens is 929 g/mol. The lowest BCUT2D eigenvalue weighted by Crippen LogP contribution is -2.28. The van der Waals surface area contributed by atoms with Crippen LogP contribution in [0.25, 0.3) is 0 Å². The zero-order valence-electron chi connectivity index (χ0n) is 34.3. The Balaban J connectivity index is 1.46. The predicted octanol–water partition coefficient (Wildman–Crippen LogP) is 4.73. The molecule has 1 amide bonds. The molecule has 21 nitrogen and oxygen atoms in total. The van der Waals surface area contributed by atoms with Crippen LogP contribution < -0.4 is 27.0 Å². The molecule has 0 fully saturated rings. The number of carboxylic acid groups (broad SMARTS) is 1. The normalized spacial score (nSPS) is 12.5. The summed E-state index contributed by atoms with van der Waals surface area (Å²) in [7, 11) is -13.8. The summed E-state index contributed by atoms with van der Waals surface area (Å²) in [6, 6.07) is 12.5. The van der Waals surface area contributed by atoms with Crippen molar-refractivity contribution in [1.29, 1.82) is 0 Å². The summed E-state index contributed by atoms with van der Waals surface area (Å²) in [5.74, 6) is -4.08. The maximum Gasteiger partial charge on any atom is 0.304 e. The second kappa shape index (κ2) is 18.4. The van der Waals surface area contributed by atoms with Crippen LogP contribution in [0.15, 0.2) is 81.5 Å². The van der Waals surface area contributed by atoms with E-state index in [1.54, 1.807) is 6.07 Å². The first-order chi connectivity index (χ1) is 30.4. The van der Waals surface area contributed by atoms with E-state index in [0.29, 0.717) is 0 Å². The molecule has 6 rings (SSSR count). The number of hydrogen-bond acceptors (Lipinski definition) is 18. The van der Waals surface area contributed by atoms with E-state index >= 15 is 0 Å². The van der Waals surface area contributed by atoms with Crippen molar-refractivity contribution >= 4 is 106 Å². The highest BCUT2D eigenvalue weighted by atomic mass is 32.2. The van der Waals surface area contributed by atoms with E-state index in [0.717, 1.165) is 23.2 Å². The van der Waals surface area contributed by atoms with Crippen molar-refractivity contribution < 1.29 is 58.6 Å². The molecule has 0 unspecified atom stereocenters. The molecule has 1 aromatic heterocycles. The number of aliphatic carboxylic acids is 1. The molecule has 5 aromatic rings. The molecular formula is C40H38N8O13S4. The van der Waals surface area contributed by atoms with Gasteiger partial charge in [-0.2, -0.15) is 31.8 Å². The van der Waals surface area contributed by atoms with Gasteiger partial charge in [0.2, 0.25) is 11.9 Å². The topological polar surface area (TPSA) is 344 Å². The number of rotatable bonds is 17. The number of ketones is 2. The summed E-state index contributed by atoms with van der Waals surface area (Å²) >= 11 is 0.925. The number of amides is 1. The fourth-order valence-corrected chi connectivity index (χ4v) is 9.87. The van der Waals surface area contributed by atoms with Gasteiger partial charge in [-0.15, -0.1) is 0 Å². The first-order valence-electron chi connectivity index (χ1n) is 18.8. The van der Waals surface area contributed by atoms with Crippen molar-refractivity contribution in [2.75, 3.05) is 39.7 Å². The highest BCUT2D eigenvalue weighted by molar-refractivity contribution is 7.99. The first kappa shape index (κ1) is 47.7. The minimum Gasteiger partial charge on any atom is -0.481 e. The van der Waals surface area contributed by atoms with Gasteiger partial charge in [0.1, 0.15) is 9.79 Å². The molecule has 65 heavy (non-hydrogen) atoms. The quantitative estimate of drug-likeness (QED) is 0.0348. The molecule has 4 aromatic carbocycles. The molecule has 0 saturated carbocycles. The van der Waals surface area contributed by atoms with Crippen molar-refractivity contribution in [3.8, 4) is 0 Å². The number of carboxylic acids is 1. The lowest BCUT2D eigenvalue weighted by molar-refractivity contribution is -0.136. The third-order valence-electron chi connectivity index (χ3n) is 9.88. The number of nitrogen functional groups attached to an aromatic ring is 1. The third-order valence-corrected chi connectivity index (χ3v) is 14.0. The van der Waals surface area contributed by atoms with Gasteiger partial charge in [0.15, 0.2) is 26.6 Å². The van der Waals surface area contributed by atoms with Crippen LogP contribution in [0.5, 0.6) is 0 Å². The van der Waals surface area contributed by atoms with E-state index in [1.165, 1.54) is 63.2 Å². The van der Waals surface area contributed by atoms with Gasteiger partial charge in [0.05, 0.1) is 40.4 Å². The highest BCUT2D eigenvalue weighted by Gasteiger charge is 2.37. The average Bonchev–Trinajstić information content (AvgIpc) is 3.22. The zero-order chi connectivity index (χ0) is 47.8. The lowest BCUT2D eigenvalue weighted by atomic mass is 9.82. The second-order valence-corrected chi connectivity index (χ2v) is 20.1. The molecule has 0 saturated heterocycles. The highest BCUT2D eigenvalue weighted by Crippen LogP contribution is 2.44. The SMILES string of the molecule is C=CS(=O)(=O)CCNC(=O)c1cccc(Nc2nc(Nc3c(C)c(Nc4cc(S(=O)(=O)O)c(N)c5c4C(=O)c4ccccc4C5=O)c(C)c(S(=O)(=O)O)c3C)nc(SCCC(=O)O)n2)c1. The summed E-state index contributed by atoms with van der Waals surface area (Å²) in [6.45, 7) is 7.19. The maximum absolute atomic E-state index is 14.1. The number of anilines is 7. The Morgan fingerprint density at radius 1 is 0.785 bits per heavy atom. The zero-order valence-corrected chi connectivity index (χ0v) is 37.6. The number of fused-ring (bicyclic) bond motifs is 2. The van der Waals surface area contributed by atoms with Crippen molar-refractivity contribution in [3.63, 3.8) is 0 Å². The number of carbonyl (C=O) groups excluding carboxylic acids is 3. The second-order valence-electron chi connectivity index (χ2n) is 14.2. The molecule has 9 N–H and O–H groups in total. The summed E-state index contributed by atoms with van der Waals surface area (Å²) in [5, 5.41) is 21.3. The van der Waals surface area contributed by atoms with Crippen LogP contribution >= 0.6 is 11.8 Å². The van der Waals surface area contributed by atoms with Crippen LogP contribution in [0.4, 0.5) is 40.3 Å². The Morgan fingerprint density at radius 2 is 1.38 bits per heavy atom. The molecule has 0 aliphatic heterocycles. The molecule has 340 valence electrons. The van der Waals surface area contributed by atoms with E-state index in [9.17, 15) is 58.6 Å². The number of nitrogens with two attached hydrogens (primary N) is 1. The Kier molecular flexibility index (Phi) is 13.5. The summed E-state index contributed by atoms with van der Waals surface area (Å²) in [5.41, 5.74) is 4.19. The molecule has 1 heterocycles. The Hall–Kier alpha value is -6.77. The van der Waals surface area contributed by atoms with E-state index < -0.39 is 74.6 Å². The smallest absolute Gasteiger partial charge is 0.304 e. The number of thioether (sulfide) groups is 1. The fourth-order valence-electron chi connectivity index (χ4n) is 6.93. The van der Waals surface area contributed by atoms with E-state index in [4.69, 9.17) is 5.73 Å². The number of carbonyl (C=O) groups is 4. The van der Waals surface area contributed by atoms with Crippen molar-refractivity contribution in [3.05, 3.63) is 111 Å². The fraction of sp³-hybridized carbons (Fsp3) is 0.175. The number of nitrogens with zero attached hydrogens (tertiary/aromatic N) is 3. The van der Waals surface area contributed by atoms with Crippen LogP contribution in [0.2, 0.25) is 0 Å². The van der Waals surface area contributed by atoms with Gasteiger partial charge in [-0.1, -0.05) is 48.7 Å². The monoisotopic (exact) mass is 966 g/mol. The number of hydrogen-bond donors (Lipinski definition) is 8. The van der Waals surface area contributed by atoms with Gasteiger partial charge in [-0.05, 0) is 61.7 Å². The van der Waals surface area contributed by atoms with Gasteiger partial charge in [0, 0.05) is 45.8 Å². The van der Waals surface area contributed by atoms with Crippen LogP contribution in [-0.4, -0.2) is 95.9 Å². The van der Waals surface area contributed by atoms with Gasteiger partial charge in [-0.3, -0.25) is 28.3 Å². The molecule has 25 heteroatoms. The van der Waals surface area contributed by atoms with Crippen molar-refractivity contribution in [2.45, 2.75) is 42.1 Å². The summed E-state index contributed by atoms with van der Waals surface area (Å²) < 4.78 is 95.7. The standard InChI is InChI=1S/C40H38N8O13S4/c1-5-63(54,55)16-14-42-37(53)22-9-8-10-23(17-22)43-38-46-39(48-40(47-38)62-15-13-28(49)50)45-33-19(2)32(20(3)36(21(33)4)65(59,60)61)44-26-18-27(64(56,57)58)31(41)30-29(26)34(51)24-11-6-7-12-25(24)35(30)52/h5-12,17-18,44H,1,13-16,41H2,2-4H3,(H,42,53)(H,49,50)(H,56,57,58)(H,59,60,61)(H2,43,45,46,47,48). The Bertz CT molecular complexity index is 3220. The summed E-state index contributed by atoms with van der Waals surface area (Å²) in [4.78, 5) is 63.7. The number of nitrogens with one attached hydrogen (secondary N) is 4. The lowest BCUT2D eigenvalue weighted by Gasteiger charge is -2.26. The van der Waals surface area contributed by atoms with Crippen molar-refractivity contribution in [1.82, 2.24) is 20.3 Å². The van der Waals surface area contributed by atoms with Gasteiger partial charge < -0.3 is 32.1 Å². The van der Waals surface area contributed by atoms with Crippen LogP contribution in [0, 0.1) is 20.8 Å². The van der Waals surface area contributed by atoms with Gasteiger partial charge in [0.25, 0.3) is 26.1 Å². The van der Waals surface area contributed by atoms with Crippen LogP contribution in [0.3, 0.4) is 0 Å². The summed E-state index contributed by atoms with van der Waals surface area (Å²) in [6.07, 6.45) is -0.288. The maximum atomic E-state index is 14.1.